The van der Waals surface area contributed by atoms with Gasteiger partial charge in [-0.3, -0.25) is 4.31 Å². The molecule has 116 valence electrons. The lowest BCUT2D eigenvalue weighted by Gasteiger charge is -2.07. The third kappa shape index (κ3) is 18.3. The van der Waals surface area contributed by atoms with Crippen LogP contribution in [0.2, 0.25) is 0 Å². The summed E-state index contributed by atoms with van der Waals surface area (Å²) in [4.78, 5) is 0. The van der Waals surface area contributed by atoms with Crippen molar-refractivity contribution < 1.29 is 5.11 Å². The zero-order valence-electron chi connectivity index (χ0n) is 13.2. The molecule has 0 heterocycles. The molecule has 0 unspecified atom stereocenters. The Hall–Kier alpha value is 0.270. The highest BCUT2D eigenvalue weighted by atomic mass is 32.2. The maximum absolute atomic E-state index is 8.67. The fourth-order valence-corrected chi connectivity index (χ4v) is 2.93. The zero-order chi connectivity index (χ0) is 14.2. The minimum absolute atomic E-state index is 0.368. The Balaban J connectivity index is 2.91. The molecule has 0 aliphatic carbocycles. The van der Waals surface area contributed by atoms with E-state index in [0.717, 1.165) is 6.42 Å². The van der Waals surface area contributed by atoms with Gasteiger partial charge in [-0.1, -0.05) is 76.2 Å². The molecule has 3 heteroatoms. The van der Waals surface area contributed by atoms with Crippen molar-refractivity contribution in [2.24, 2.45) is 0 Å². The van der Waals surface area contributed by atoms with Crippen molar-refractivity contribution in [3.05, 3.63) is 0 Å². The predicted molar refractivity (Wildman–Crippen MR) is 88.6 cm³/mol. The lowest BCUT2D eigenvalue weighted by Crippen LogP contribution is -2.00. The van der Waals surface area contributed by atoms with Gasteiger partial charge in [0.15, 0.2) is 0 Å². The van der Waals surface area contributed by atoms with E-state index < -0.39 is 0 Å². The molecule has 0 aromatic carbocycles. The van der Waals surface area contributed by atoms with Gasteiger partial charge in [0.25, 0.3) is 0 Å². The summed E-state index contributed by atoms with van der Waals surface area (Å²) >= 11 is 1.93. The molecular weight excluding hydrogens is 254 g/mol. The van der Waals surface area contributed by atoms with Crippen LogP contribution in [0.3, 0.4) is 0 Å². The van der Waals surface area contributed by atoms with Gasteiger partial charge in [0.05, 0.1) is 0 Å². The van der Waals surface area contributed by atoms with Crippen molar-refractivity contribution in [3.63, 3.8) is 0 Å². The maximum atomic E-state index is 8.67. The average molecular weight is 290 g/mol. The molecule has 0 amide bonds. The molecule has 0 saturated carbocycles. The second kappa shape index (κ2) is 16.3. The van der Waals surface area contributed by atoms with Gasteiger partial charge in [-0.05, 0) is 26.9 Å². The fraction of sp³-hybridized carbons (Fsp3) is 1.00. The van der Waals surface area contributed by atoms with E-state index in [9.17, 15) is 0 Å². The second-order valence-corrected chi connectivity index (χ2v) is 7.01. The van der Waals surface area contributed by atoms with Crippen molar-refractivity contribution in [2.45, 2.75) is 77.0 Å². The van der Waals surface area contributed by atoms with Gasteiger partial charge in [-0.25, -0.2) is 0 Å². The summed E-state index contributed by atoms with van der Waals surface area (Å²) < 4.78 is 2.19. The van der Waals surface area contributed by atoms with Gasteiger partial charge < -0.3 is 5.11 Å². The third-order valence-corrected chi connectivity index (χ3v) is 4.39. The van der Waals surface area contributed by atoms with Crippen LogP contribution >= 0.6 is 11.9 Å². The fourth-order valence-electron chi connectivity index (χ4n) is 2.23. The molecule has 2 nitrogen and oxygen atoms in total. The van der Waals surface area contributed by atoms with Crippen LogP contribution in [-0.2, 0) is 0 Å². The molecule has 19 heavy (non-hydrogen) atoms. The smallest absolute Gasteiger partial charge is 0.0431 e. The molecule has 0 aromatic heterocycles. The molecule has 0 radical (unpaired) electrons. The number of nitrogens with zero attached hydrogens (tertiary/aromatic N) is 1. The van der Waals surface area contributed by atoms with Crippen LogP contribution in [-0.4, -0.2) is 35.9 Å². The first-order chi connectivity index (χ1) is 9.27. The summed E-state index contributed by atoms with van der Waals surface area (Å²) in [5.74, 6) is 1.28. The van der Waals surface area contributed by atoms with Crippen molar-refractivity contribution in [2.75, 3.05) is 26.5 Å². The van der Waals surface area contributed by atoms with E-state index in [1.165, 1.54) is 76.4 Å². The quantitative estimate of drug-likeness (QED) is 0.344. The Morgan fingerprint density at radius 1 is 0.632 bits per heavy atom. The number of rotatable bonds is 15. The summed E-state index contributed by atoms with van der Waals surface area (Å²) in [5, 5.41) is 8.67. The molecule has 0 saturated heterocycles. The Morgan fingerprint density at radius 2 is 1.00 bits per heavy atom. The predicted octanol–water partition coefficient (Wildman–Crippen LogP) is 4.87. The highest BCUT2D eigenvalue weighted by Gasteiger charge is 1.94. The van der Waals surface area contributed by atoms with E-state index in [-0.39, 0.29) is 0 Å². The Kier molecular flexibility index (Phi) is 16.6. The summed E-state index contributed by atoms with van der Waals surface area (Å²) in [6, 6.07) is 0. The normalized spacial score (nSPS) is 11.4. The lowest BCUT2D eigenvalue weighted by molar-refractivity contribution is 0.282. The average Bonchev–Trinajstić information content (AvgIpc) is 2.39. The van der Waals surface area contributed by atoms with E-state index in [0.29, 0.717) is 6.61 Å². The minimum Gasteiger partial charge on any atom is -0.396 e. The number of aliphatic hydroxyl groups excluding tert-OH is 1. The highest BCUT2D eigenvalue weighted by Crippen LogP contribution is 2.13. The number of unbranched alkanes of at least 4 members (excludes halogenated alkanes) is 11. The van der Waals surface area contributed by atoms with E-state index >= 15 is 0 Å². The van der Waals surface area contributed by atoms with Gasteiger partial charge in [0, 0.05) is 12.4 Å². The molecule has 0 aliphatic heterocycles. The van der Waals surface area contributed by atoms with Crippen LogP contribution in [0.1, 0.15) is 77.0 Å². The Morgan fingerprint density at radius 3 is 1.37 bits per heavy atom. The van der Waals surface area contributed by atoms with Gasteiger partial charge in [-0.15, -0.1) is 0 Å². The Bertz CT molecular complexity index is 165. The first-order valence-electron chi connectivity index (χ1n) is 8.18. The molecule has 0 bridgehead atoms. The van der Waals surface area contributed by atoms with Gasteiger partial charge >= 0.3 is 0 Å². The summed E-state index contributed by atoms with van der Waals surface area (Å²) in [6.07, 6.45) is 16.2. The van der Waals surface area contributed by atoms with Crippen molar-refractivity contribution >= 4 is 11.9 Å². The maximum Gasteiger partial charge on any atom is 0.0431 e. The standard InChI is InChI=1S/C16H35NOS/c1-17(2)19-16-14-12-10-8-6-4-3-5-7-9-11-13-15-18/h18H,3-16H2,1-2H3. The molecule has 0 aromatic rings. The molecule has 0 spiro atoms. The topological polar surface area (TPSA) is 23.5 Å². The summed E-state index contributed by atoms with van der Waals surface area (Å²) in [7, 11) is 4.24. The largest absolute Gasteiger partial charge is 0.396 e. The molecule has 0 atom stereocenters. The van der Waals surface area contributed by atoms with Crippen LogP contribution in [0.25, 0.3) is 0 Å². The molecule has 0 rings (SSSR count). The number of aliphatic hydroxyl groups is 1. The lowest BCUT2D eigenvalue weighted by atomic mass is 10.1. The SMILES string of the molecule is CN(C)SCCCCCCCCCCCCCCO. The zero-order valence-corrected chi connectivity index (χ0v) is 14.0. The van der Waals surface area contributed by atoms with Crippen LogP contribution in [0.4, 0.5) is 0 Å². The molecular formula is C16H35NOS. The van der Waals surface area contributed by atoms with Crippen LogP contribution in [0.15, 0.2) is 0 Å². The van der Waals surface area contributed by atoms with Gasteiger partial charge in [0.2, 0.25) is 0 Å². The van der Waals surface area contributed by atoms with Crippen molar-refractivity contribution in [1.29, 1.82) is 0 Å². The van der Waals surface area contributed by atoms with Crippen LogP contribution in [0.5, 0.6) is 0 Å². The van der Waals surface area contributed by atoms with Crippen LogP contribution < -0.4 is 0 Å². The van der Waals surface area contributed by atoms with Crippen LogP contribution in [0, 0.1) is 0 Å². The highest BCUT2D eigenvalue weighted by molar-refractivity contribution is 7.96. The third-order valence-electron chi connectivity index (χ3n) is 3.40. The van der Waals surface area contributed by atoms with Gasteiger partial charge in [-0.2, -0.15) is 0 Å². The number of hydrogen-bond acceptors (Lipinski definition) is 3. The first kappa shape index (κ1) is 19.3. The minimum atomic E-state index is 0.368. The van der Waals surface area contributed by atoms with E-state index in [1.807, 2.05) is 11.9 Å². The summed E-state index contributed by atoms with van der Waals surface area (Å²) in [5.41, 5.74) is 0. The molecule has 0 fully saturated rings. The van der Waals surface area contributed by atoms with Gasteiger partial charge in [0.1, 0.15) is 0 Å². The van der Waals surface area contributed by atoms with E-state index in [4.69, 9.17) is 5.11 Å². The Labute approximate surface area is 125 Å². The molecule has 1 N–H and O–H groups in total. The van der Waals surface area contributed by atoms with E-state index in [2.05, 4.69) is 18.4 Å². The summed E-state index contributed by atoms with van der Waals surface area (Å²) in [6.45, 7) is 0.368. The number of hydrogen-bond donors (Lipinski definition) is 1. The first-order valence-corrected chi connectivity index (χ1v) is 9.12. The monoisotopic (exact) mass is 289 g/mol. The van der Waals surface area contributed by atoms with Crippen molar-refractivity contribution in [3.8, 4) is 0 Å². The van der Waals surface area contributed by atoms with E-state index in [1.54, 1.807) is 0 Å². The molecule has 0 aliphatic rings. The second-order valence-electron chi connectivity index (χ2n) is 5.61. The van der Waals surface area contributed by atoms with Crippen molar-refractivity contribution in [1.82, 2.24) is 4.31 Å².